The zero-order valence-corrected chi connectivity index (χ0v) is 9.79. The van der Waals surface area contributed by atoms with Crippen LogP contribution in [0.25, 0.3) is 11.0 Å². The molecule has 0 fully saturated rings. The van der Waals surface area contributed by atoms with Crippen LogP contribution in [0.2, 0.25) is 0 Å². The molecule has 0 atom stereocenters. The van der Waals surface area contributed by atoms with Gasteiger partial charge in [-0.25, -0.2) is 14.5 Å². The summed E-state index contributed by atoms with van der Waals surface area (Å²) in [4.78, 5) is 17.2. The minimum absolute atomic E-state index is 0.0619. The predicted octanol–water partition coefficient (Wildman–Crippen LogP) is 0.691. The summed E-state index contributed by atoms with van der Waals surface area (Å²) in [6.45, 7) is 1.40. The maximum Gasteiger partial charge on any atom is 0.357 e. The van der Waals surface area contributed by atoms with Crippen LogP contribution in [0.15, 0.2) is 18.3 Å². The van der Waals surface area contributed by atoms with Gasteiger partial charge in [0.25, 0.3) is 0 Å². The highest BCUT2D eigenvalue weighted by Crippen LogP contribution is 2.15. The van der Waals surface area contributed by atoms with Crippen LogP contribution in [0, 0.1) is 0 Å². The first-order valence-electron chi connectivity index (χ1n) is 5.29. The van der Waals surface area contributed by atoms with Crippen LogP contribution < -0.4 is 0 Å². The SMILES string of the molecule is CN(C)CCn1nc(C(=O)O)c2cccnc21. The number of carboxylic acids is 1. The van der Waals surface area contributed by atoms with Gasteiger partial charge in [0.2, 0.25) is 0 Å². The van der Waals surface area contributed by atoms with Crippen molar-refractivity contribution in [1.82, 2.24) is 19.7 Å². The van der Waals surface area contributed by atoms with Crippen LogP contribution in [-0.2, 0) is 6.54 Å². The monoisotopic (exact) mass is 234 g/mol. The van der Waals surface area contributed by atoms with Gasteiger partial charge >= 0.3 is 5.97 Å². The number of nitrogens with zero attached hydrogens (tertiary/aromatic N) is 4. The second-order valence-corrected chi connectivity index (χ2v) is 4.05. The summed E-state index contributed by atoms with van der Waals surface area (Å²) in [7, 11) is 3.91. The molecule has 2 aromatic heterocycles. The van der Waals surface area contributed by atoms with Crippen LogP contribution in [0.3, 0.4) is 0 Å². The Kier molecular flexibility index (Phi) is 3.06. The lowest BCUT2D eigenvalue weighted by Crippen LogP contribution is -2.19. The molecule has 0 aliphatic carbocycles. The average Bonchev–Trinajstić information content (AvgIpc) is 2.65. The molecule has 6 heteroatoms. The first-order valence-corrected chi connectivity index (χ1v) is 5.29. The largest absolute Gasteiger partial charge is 0.476 e. The Balaban J connectivity index is 2.45. The van der Waals surface area contributed by atoms with Crippen molar-refractivity contribution in [3.63, 3.8) is 0 Å². The summed E-state index contributed by atoms with van der Waals surface area (Å²) in [6.07, 6.45) is 1.64. The number of carbonyl (C=O) groups is 1. The predicted molar refractivity (Wildman–Crippen MR) is 63.0 cm³/mol. The molecule has 0 saturated heterocycles. The zero-order valence-electron chi connectivity index (χ0n) is 9.79. The molecule has 2 aromatic rings. The van der Waals surface area contributed by atoms with Crippen molar-refractivity contribution < 1.29 is 9.90 Å². The van der Waals surface area contributed by atoms with Crippen molar-refractivity contribution in [2.45, 2.75) is 6.54 Å². The van der Waals surface area contributed by atoms with E-state index in [0.717, 1.165) is 6.54 Å². The molecular formula is C11H14N4O2. The van der Waals surface area contributed by atoms with Gasteiger partial charge in [0.05, 0.1) is 11.9 Å². The van der Waals surface area contributed by atoms with Crippen molar-refractivity contribution in [3.05, 3.63) is 24.0 Å². The number of fused-ring (bicyclic) bond motifs is 1. The van der Waals surface area contributed by atoms with E-state index < -0.39 is 5.97 Å². The van der Waals surface area contributed by atoms with Crippen molar-refractivity contribution in [2.75, 3.05) is 20.6 Å². The zero-order chi connectivity index (χ0) is 12.4. The first-order chi connectivity index (χ1) is 8.09. The first kappa shape index (κ1) is 11.5. The van der Waals surface area contributed by atoms with Crippen molar-refractivity contribution in [2.24, 2.45) is 0 Å². The summed E-state index contributed by atoms with van der Waals surface area (Å²) >= 11 is 0. The number of aromatic nitrogens is 3. The number of pyridine rings is 1. The van der Waals surface area contributed by atoms with Gasteiger partial charge in [-0.15, -0.1) is 0 Å². The lowest BCUT2D eigenvalue weighted by Gasteiger charge is -2.09. The molecule has 0 aliphatic rings. The smallest absolute Gasteiger partial charge is 0.357 e. The van der Waals surface area contributed by atoms with E-state index in [4.69, 9.17) is 5.11 Å². The highest BCUT2D eigenvalue weighted by atomic mass is 16.4. The third-order valence-corrected chi connectivity index (χ3v) is 2.47. The van der Waals surface area contributed by atoms with Gasteiger partial charge in [-0.1, -0.05) is 0 Å². The summed E-state index contributed by atoms with van der Waals surface area (Å²) in [5.41, 5.74) is 0.679. The van der Waals surface area contributed by atoms with Gasteiger partial charge in [-0.05, 0) is 26.2 Å². The second kappa shape index (κ2) is 4.50. The molecule has 0 bridgehead atoms. The van der Waals surface area contributed by atoms with E-state index in [0.29, 0.717) is 17.6 Å². The molecule has 0 amide bonds. The third-order valence-electron chi connectivity index (χ3n) is 2.47. The van der Waals surface area contributed by atoms with Crippen LogP contribution in [-0.4, -0.2) is 51.4 Å². The van der Waals surface area contributed by atoms with Crippen molar-refractivity contribution in [1.29, 1.82) is 0 Å². The van der Waals surface area contributed by atoms with Gasteiger partial charge in [0.1, 0.15) is 0 Å². The minimum Gasteiger partial charge on any atom is -0.476 e. The van der Waals surface area contributed by atoms with Gasteiger partial charge in [0.15, 0.2) is 11.3 Å². The van der Waals surface area contributed by atoms with Crippen LogP contribution in [0.5, 0.6) is 0 Å². The molecule has 1 N–H and O–H groups in total. The maximum atomic E-state index is 11.1. The molecule has 2 heterocycles. The minimum atomic E-state index is -1.02. The van der Waals surface area contributed by atoms with E-state index >= 15 is 0 Å². The summed E-state index contributed by atoms with van der Waals surface area (Å²) in [6, 6.07) is 3.44. The molecular weight excluding hydrogens is 220 g/mol. The summed E-state index contributed by atoms with van der Waals surface area (Å²) in [5.74, 6) is -1.02. The van der Waals surface area contributed by atoms with Gasteiger partial charge in [0, 0.05) is 12.7 Å². The number of aromatic carboxylic acids is 1. The Bertz CT molecular complexity index is 547. The number of hydrogen-bond acceptors (Lipinski definition) is 4. The normalized spacial score (nSPS) is 11.2. The molecule has 6 nitrogen and oxygen atoms in total. The number of rotatable bonds is 4. The number of carboxylic acid groups (broad SMARTS) is 1. The molecule has 0 aliphatic heterocycles. The van der Waals surface area contributed by atoms with Crippen LogP contribution >= 0.6 is 0 Å². The topological polar surface area (TPSA) is 71.2 Å². The third kappa shape index (κ3) is 2.26. The average molecular weight is 234 g/mol. The molecule has 2 rings (SSSR count). The summed E-state index contributed by atoms with van der Waals surface area (Å²) < 4.78 is 1.64. The lowest BCUT2D eigenvalue weighted by atomic mass is 10.3. The number of likely N-dealkylation sites (N-methyl/N-ethyl adjacent to an activating group) is 1. The Morgan fingerprint density at radius 2 is 2.29 bits per heavy atom. The Hall–Kier alpha value is -1.95. The number of hydrogen-bond donors (Lipinski definition) is 1. The standard InChI is InChI=1S/C11H14N4O2/c1-14(2)6-7-15-10-8(4-3-5-12-10)9(13-15)11(16)17/h3-5H,6-7H2,1-2H3,(H,16,17). The maximum absolute atomic E-state index is 11.1. The second-order valence-electron chi connectivity index (χ2n) is 4.05. The van der Waals surface area contributed by atoms with Gasteiger partial charge < -0.3 is 10.0 Å². The van der Waals surface area contributed by atoms with Crippen molar-refractivity contribution >= 4 is 17.0 Å². The van der Waals surface area contributed by atoms with E-state index in [1.165, 1.54) is 0 Å². The Labute approximate surface area is 98.5 Å². The highest BCUT2D eigenvalue weighted by Gasteiger charge is 2.16. The Morgan fingerprint density at radius 1 is 1.53 bits per heavy atom. The van der Waals surface area contributed by atoms with Gasteiger partial charge in [-0.3, -0.25) is 0 Å². The van der Waals surface area contributed by atoms with E-state index in [1.54, 1.807) is 23.0 Å². The van der Waals surface area contributed by atoms with Crippen LogP contribution in [0.1, 0.15) is 10.5 Å². The molecule has 90 valence electrons. The molecule has 0 aromatic carbocycles. The van der Waals surface area contributed by atoms with E-state index in [-0.39, 0.29) is 5.69 Å². The van der Waals surface area contributed by atoms with Crippen LogP contribution in [0.4, 0.5) is 0 Å². The Morgan fingerprint density at radius 3 is 2.94 bits per heavy atom. The quantitative estimate of drug-likeness (QED) is 0.842. The molecule has 0 saturated carbocycles. The van der Waals surface area contributed by atoms with Crippen molar-refractivity contribution in [3.8, 4) is 0 Å². The molecule has 17 heavy (non-hydrogen) atoms. The fraction of sp³-hybridized carbons (Fsp3) is 0.364. The summed E-state index contributed by atoms with van der Waals surface area (Å²) in [5, 5.41) is 13.7. The van der Waals surface area contributed by atoms with Gasteiger partial charge in [-0.2, -0.15) is 5.10 Å². The van der Waals surface area contributed by atoms with E-state index in [1.807, 2.05) is 19.0 Å². The van der Waals surface area contributed by atoms with E-state index in [9.17, 15) is 4.79 Å². The fourth-order valence-corrected chi connectivity index (χ4v) is 1.62. The lowest BCUT2D eigenvalue weighted by molar-refractivity contribution is 0.0691. The van der Waals surface area contributed by atoms with E-state index in [2.05, 4.69) is 10.1 Å². The molecule has 0 unspecified atom stereocenters. The fourth-order valence-electron chi connectivity index (χ4n) is 1.62. The molecule has 0 radical (unpaired) electrons. The molecule has 0 spiro atoms. The highest BCUT2D eigenvalue weighted by molar-refractivity contribution is 5.99.